The number of nitrogens with zero attached hydrogens (tertiary/aromatic N) is 2. The number of rotatable bonds is 3. The minimum atomic E-state index is 0.589. The molecule has 5 heteroatoms. The Hall–Kier alpha value is -1.62. The van der Waals surface area contributed by atoms with E-state index in [9.17, 15) is 0 Å². The van der Waals surface area contributed by atoms with Gasteiger partial charge in [-0.3, -0.25) is 0 Å². The Morgan fingerprint density at radius 3 is 3.07 bits per heavy atom. The van der Waals surface area contributed by atoms with Crippen LogP contribution in [0.1, 0.15) is 0 Å². The smallest absolute Gasteiger partial charge is 0.214 e. The molecule has 14 heavy (non-hydrogen) atoms. The molecule has 2 heterocycles. The molecule has 0 unspecified atom stereocenters. The van der Waals surface area contributed by atoms with E-state index in [1.807, 2.05) is 17.5 Å². The molecular formula is C9H9N3OS. The first-order valence-corrected chi connectivity index (χ1v) is 4.94. The van der Waals surface area contributed by atoms with Crippen LogP contribution in [0.25, 0.3) is 0 Å². The van der Waals surface area contributed by atoms with Crippen LogP contribution in [0.4, 0.5) is 10.9 Å². The minimum Gasteiger partial charge on any atom is -0.481 e. The molecule has 0 radical (unpaired) electrons. The fraction of sp³-hybridized carbons (Fsp3) is 0.111. The molecule has 0 amide bonds. The van der Waals surface area contributed by atoms with E-state index in [1.165, 1.54) is 11.3 Å². The predicted octanol–water partition coefficient (Wildman–Crippen LogP) is 2.29. The van der Waals surface area contributed by atoms with Crippen molar-refractivity contribution in [2.75, 3.05) is 12.4 Å². The van der Waals surface area contributed by atoms with Crippen LogP contribution in [0.3, 0.4) is 0 Å². The highest BCUT2D eigenvalue weighted by molar-refractivity contribution is 7.13. The van der Waals surface area contributed by atoms with E-state index >= 15 is 0 Å². The predicted molar refractivity (Wildman–Crippen MR) is 56.2 cm³/mol. The number of nitrogens with one attached hydrogen (secondary N) is 1. The SMILES string of the molecule is COc1cccc(Nc2nccs2)n1. The summed E-state index contributed by atoms with van der Waals surface area (Å²) in [4.78, 5) is 8.29. The molecule has 2 rings (SSSR count). The highest BCUT2D eigenvalue weighted by atomic mass is 32.1. The molecule has 0 aliphatic heterocycles. The van der Waals surface area contributed by atoms with Crippen LogP contribution in [0, 0.1) is 0 Å². The quantitative estimate of drug-likeness (QED) is 0.838. The average Bonchev–Trinajstić information content (AvgIpc) is 2.71. The molecule has 72 valence electrons. The molecule has 1 N–H and O–H groups in total. The second-order valence-corrected chi connectivity index (χ2v) is 3.42. The van der Waals surface area contributed by atoms with Crippen molar-refractivity contribution in [2.45, 2.75) is 0 Å². The summed E-state index contributed by atoms with van der Waals surface area (Å²) in [6, 6.07) is 5.54. The third-order valence-electron chi connectivity index (χ3n) is 1.60. The highest BCUT2D eigenvalue weighted by Gasteiger charge is 1.98. The normalized spacial score (nSPS) is 9.79. The maximum atomic E-state index is 5.01. The van der Waals surface area contributed by atoms with Crippen molar-refractivity contribution in [2.24, 2.45) is 0 Å². The van der Waals surface area contributed by atoms with E-state index < -0.39 is 0 Å². The second kappa shape index (κ2) is 4.06. The third kappa shape index (κ3) is 2.00. The molecule has 0 aromatic carbocycles. The van der Waals surface area contributed by atoms with Crippen molar-refractivity contribution in [1.82, 2.24) is 9.97 Å². The van der Waals surface area contributed by atoms with E-state index in [0.29, 0.717) is 5.88 Å². The molecule has 2 aromatic heterocycles. The van der Waals surface area contributed by atoms with E-state index in [2.05, 4.69) is 15.3 Å². The Kier molecular flexibility index (Phi) is 2.60. The van der Waals surface area contributed by atoms with Crippen molar-refractivity contribution in [1.29, 1.82) is 0 Å². The second-order valence-electron chi connectivity index (χ2n) is 2.53. The van der Waals surface area contributed by atoms with Crippen LogP contribution in [0.2, 0.25) is 0 Å². The monoisotopic (exact) mass is 207 g/mol. The number of ether oxygens (including phenoxy) is 1. The lowest BCUT2D eigenvalue weighted by molar-refractivity contribution is 0.398. The van der Waals surface area contributed by atoms with Gasteiger partial charge in [0, 0.05) is 17.6 Å². The van der Waals surface area contributed by atoms with Gasteiger partial charge in [0.25, 0.3) is 0 Å². The Morgan fingerprint density at radius 1 is 1.43 bits per heavy atom. The Morgan fingerprint density at radius 2 is 2.36 bits per heavy atom. The van der Waals surface area contributed by atoms with Gasteiger partial charge in [-0.05, 0) is 6.07 Å². The number of pyridine rings is 1. The van der Waals surface area contributed by atoms with Gasteiger partial charge in [0.05, 0.1) is 7.11 Å². The Labute approximate surface area is 85.6 Å². The van der Waals surface area contributed by atoms with Crippen molar-refractivity contribution >= 4 is 22.3 Å². The lowest BCUT2D eigenvalue weighted by Crippen LogP contribution is -1.94. The van der Waals surface area contributed by atoms with Crippen molar-refractivity contribution in [3.8, 4) is 5.88 Å². The number of aromatic nitrogens is 2. The summed E-state index contributed by atoms with van der Waals surface area (Å²) in [5, 5.41) is 5.80. The maximum Gasteiger partial charge on any atom is 0.214 e. The molecule has 0 atom stereocenters. The van der Waals surface area contributed by atoms with Gasteiger partial charge in [0.2, 0.25) is 5.88 Å². The molecule has 0 fully saturated rings. The summed E-state index contributed by atoms with van der Waals surface area (Å²) in [6.07, 6.45) is 1.74. The number of hydrogen-bond donors (Lipinski definition) is 1. The number of anilines is 2. The van der Waals surface area contributed by atoms with Gasteiger partial charge in [-0.2, -0.15) is 4.98 Å². The molecule has 2 aromatic rings. The third-order valence-corrected chi connectivity index (χ3v) is 2.29. The number of hydrogen-bond acceptors (Lipinski definition) is 5. The van der Waals surface area contributed by atoms with Crippen LogP contribution in [-0.2, 0) is 0 Å². The van der Waals surface area contributed by atoms with Gasteiger partial charge < -0.3 is 10.1 Å². The standard InChI is InChI=1S/C9H9N3OS/c1-13-8-4-2-3-7(11-8)12-9-10-5-6-14-9/h2-6H,1H3,(H,10,11,12). The molecular weight excluding hydrogens is 198 g/mol. The topological polar surface area (TPSA) is 47.0 Å². The fourth-order valence-electron chi connectivity index (χ4n) is 0.993. The summed E-state index contributed by atoms with van der Waals surface area (Å²) in [5.41, 5.74) is 0. The molecule has 0 spiro atoms. The molecule has 0 saturated heterocycles. The van der Waals surface area contributed by atoms with Gasteiger partial charge in [-0.1, -0.05) is 6.07 Å². The summed E-state index contributed by atoms with van der Waals surface area (Å²) in [7, 11) is 1.59. The zero-order valence-electron chi connectivity index (χ0n) is 7.60. The lowest BCUT2D eigenvalue weighted by atomic mass is 10.4. The van der Waals surface area contributed by atoms with E-state index in [1.54, 1.807) is 19.4 Å². The first-order valence-electron chi connectivity index (χ1n) is 4.06. The molecule has 0 bridgehead atoms. The first kappa shape index (κ1) is 8.96. The molecule has 0 aliphatic carbocycles. The largest absolute Gasteiger partial charge is 0.481 e. The zero-order chi connectivity index (χ0) is 9.80. The molecule has 0 saturated carbocycles. The Balaban J connectivity index is 2.17. The van der Waals surface area contributed by atoms with Crippen LogP contribution >= 0.6 is 11.3 Å². The molecule has 4 nitrogen and oxygen atoms in total. The van der Waals surface area contributed by atoms with Gasteiger partial charge in [-0.25, -0.2) is 4.98 Å². The number of thiazole rings is 1. The first-order chi connectivity index (χ1) is 6.88. The van der Waals surface area contributed by atoms with Crippen LogP contribution in [-0.4, -0.2) is 17.1 Å². The minimum absolute atomic E-state index is 0.589. The van der Waals surface area contributed by atoms with Crippen LogP contribution in [0.5, 0.6) is 5.88 Å². The van der Waals surface area contributed by atoms with E-state index in [0.717, 1.165) is 10.9 Å². The summed E-state index contributed by atoms with van der Waals surface area (Å²) in [5.74, 6) is 1.32. The van der Waals surface area contributed by atoms with Crippen molar-refractivity contribution in [3.05, 3.63) is 29.8 Å². The van der Waals surface area contributed by atoms with E-state index in [-0.39, 0.29) is 0 Å². The van der Waals surface area contributed by atoms with Gasteiger partial charge in [0.1, 0.15) is 5.82 Å². The van der Waals surface area contributed by atoms with Crippen LogP contribution < -0.4 is 10.1 Å². The highest BCUT2D eigenvalue weighted by Crippen LogP contribution is 2.18. The van der Waals surface area contributed by atoms with Crippen molar-refractivity contribution < 1.29 is 4.74 Å². The summed E-state index contributed by atoms with van der Waals surface area (Å²) in [6.45, 7) is 0. The lowest BCUT2D eigenvalue weighted by Gasteiger charge is -2.03. The Bertz CT molecular complexity index is 402. The van der Waals surface area contributed by atoms with Gasteiger partial charge in [0.15, 0.2) is 5.13 Å². The van der Waals surface area contributed by atoms with Crippen LogP contribution in [0.15, 0.2) is 29.8 Å². The zero-order valence-corrected chi connectivity index (χ0v) is 8.41. The van der Waals surface area contributed by atoms with Crippen molar-refractivity contribution in [3.63, 3.8) is 0 Å². The van der Waals surface area contributed by atoms with E-state index in [4.69, 9.17) is 4.74 Å². The number of methoxy groups -OCH3 is 1. The summed E-state index contributed by atoms with van der Waals surface area (Å²) >= 11 is 1.53. The fourth-order valence-corrected chi connectivity index (χ4v) is 1.53. The average molecular weight is 207 g/mol. The van der Waals surface area contributed by atoms with Gasteiger partial charge >= 0.3 is 0 Å². The van der Waals surface area contributed by atoms with Gasteiger partial charge in [-0.15, -0.1) is 11.3 Å². The summed E-state index contributed by atoms with van der Waals surface area (Å²) < 4.78 is 5.01. The molecule has 0 aliphatic rings. The maximum absolute atomic E-state index is 5.01.